The number of rotatable bonds is 2. The van der Waals surface area contributed by atoms with Gasteiger partial charge in [0.2, 0.25) is 0 Å². The van der Waals surface area contributed by atoms with Gasteiger partial charge in [-0.15, -0.1) is 0 Å². The molecule has 0 aliphatic carbocycles. The van der Waals surface area contributed by atoms with Gasteiger partial charge in [0.05, 0.1) is 0 Å². The molecule has 0 radical (unpaired) electrons. The van der Waals surface area contributed by atoms with Gasteiger partial charge in [-0.05, 0) is 31.5 Å². The van der Waals surface area contributed by atoms with Gasteiger partial charge < -0.3 is 16.8 Å². The minimum atomic E-state index is -0.572. The first-order valence-electron chi connectivity index (χ1n) is 4.35. The van der Waals surface area contributed by atoms with Gasteiger partial charge in [-0.1, -0.05) is 12.1 Å². The highest BCUT2D eigenvalue weighted by atomic mass is 16.2. The third kappa shape index (κ3) is 2.74. The Labute approximate surface area is 83.3 Å². The molecule has 1 aromatic carbocycles. The fraction of sp³-hybridized carbons (Fsp3) is 0.300. The topological polar surface area (TPSA) is 81.1 Å². The van der Waals surface area contributed by atoms with Gasteiger partial charge in [-0.2, -0.15) is 0 Å². The van der Waals surface area contributed by atoms with Crippen molar-refractivity contribution in [1.29, 1.82) is 0 Å². The van der Waals surface area contributed by atoms with Crippen LogP contribution in [0.15, 0.2) is 24.3 Å². The molecule has 0 aliphatic rings. The lowest BCUT2D eigenvalue weighted by molar-refractivity contribution is 0.259. The molecule has 0 unspecified atom stereocenters. The summed E-state index contributed by atoms with van der Waals surface area (Å²) in [5.41, 5.74) is 12.1. The maximum absolute atomic E-state index is 10.6. The van der Waals surface area contributed by atoms with Crippen LogP contribution in [0.25, 0.3) is 0 Å². The van der Waals surface area contributed by atoms with E-state index in [1.807, 2.05) is 32.0 Å². The van der Waals surface area contributed by atoms with E-state index >= 15 is 0 Å². The van der Waals surface area contributed by atoms with Crippen molar-refractivity contribution in [2.45, 2.75) is 19.4 Å². The van der Waals surface area contributed by atoms with Crippen LogP contribution in [0.2, 0.25) is 0 Å². The van der Waals surface area contributed by atoms with Crippen molar-refractivity contribution in [3.05, 3.63) is 29.8 Å². The van der Waals surface area contributed by atoms with E-state index in [9.17, 15) is 4.79 Å². The Morgan fingerprint density at radius 1 is 1.43 bits per heavy atom. The number of urea groups is 1. The predicted octanol–water partition coefficient (Wildman–Crippen LogP) is 1.37. The van der Waals surface area contributed by atoms with Crippen LogP contribution in [0.5, 0.6) is 0 Å². The summed E-state index contributed by atoms with van der Waals surface area (Å²) < 4.78 is 0. The number of primary amides is 1. The molecular formula is C10H15N3O. The number of hydrogen-bond donors (Lipinski definition) is 3. The summed E-state index contributed by atoms with van der Waals surface area (Å²) in [5, 5.41) is 2.50. The number of nitrogens with two attached hydrogens (primary N) is 2. The van der Waals surface area contributed by atoms with Gasteiger partial charge in [0.15, 0.2) is 0 Å². The van der Waals surface area contributed by atoms with E-state index in [1.165, 1.54) is 0 Å². The maximum atomic E-state index is 10.6. The van der Waals surface area contributed by atoms with E-state index in [4.69, 9.17) is 11.5 Å². The number of amides is 2. The molecule has 76 valence electrons. The molecule has 0 bridgehead atoms. The summed E-state index contributed by atoms with van der Waals surface area (Å²) in [6, 6.07) is 6.74. The van der Waals surface area contributed by atoms with Crippen molar-refractivity contribution >= 4 is 11.7 Å². The Morgan fingerprint density at radius 2 is 2.07 bits per heavy atom. The van der Waals surface area contributed by atoms with Crippen LogP contribution in [0.4, 0.5) is 10.5 Å². The molecule has 0 atom stereocenters. The number of hydrogen-bond acceptors (Lipinski definition) is 2. The summed E-state index contributed by atoms with van der Waals surface area (Å²) in [6.45, 7) is 3.80. The third-order valence-electron chi connectivity index (χ3n) is 1.87. The number of carbonyl (C=O) groups is 1. The average molecular weight is 193 g/mol. The van der Waals surface area contributed by atoms with Gasteiger partial charge >= 0.3 is 6.03 Å². The predicted molar refractivity (Wildman–Crippen MR) is 56.9 cm³/mol. The number of benzene rings is 1. The van der Waals surface area contributed by atoms with E-state index < -0.39 is 11.6 Å². The Kier molecular flexibility index (Phi) is 2.76. The summed E-state index contributed by atoms with van der Waals surface area (Å²) in [7, 11) is 0. The van der Waals surface area contributed by atoms with Crippen molar-refractivity contribution in [2.75, 3.05) is 5.32 Å². The molecule has 0 spiro atoms. The lowest BCUT2D eigenvalue weighted by Gasteiger charge is -2.19. The van der Waals surface area contributed by atoms with Crippen molar-refractivity contribution in [3.8, 4) is 0 Å². The van der Waals surface area contributed by atoms with Crippen LogP contribution in [-0.2, 0) is 5.54 Å². The molecule has 0 aromatic heterocycles. The molecule has 0 saturated carbocycles. The minimum Gasteiger partial charge on any atom is -0.351 e. The second kappa shape index (κ2) is 3.67. The first-order chi connectivity index (χ1) is 6.39. The first kappa shape index (κ1) is 10.5. The van der Waals surface area contributed by atoms with Crippen molar-refractivity contribution in [2.24, 2.45) is 11.5 Å². The molecular weight excluding hydrogens is 178 g/mol. The van der Waals surface area contributed by atoms with Crippen LogP contribution in [0.3, 0.4) is 0 Å². The first-order valence-corrected chi connectivity index (χ1v) is 4.35. The van der Waals surface area contributed by atoms with E-state index in [2.05, 4.69) is 5.32 Å². The van der Waals surface area contributed by atoms with E-state index in [-0.39, 0.29) is 0 Å². The van der Waals surface area contributed by atoms with Crippen molar-refractivity contribution < 1.29 is 4.79 Å². The van der Waals surface area contributed by atoms with Crippen molar-refractivity contribution in [3.63, 3.8) is 0 Å². The fourth-order valence-electron chi connectivity index (χ4n) is 1.14. The largest absolute Gasteiger partial charge is 0.351 e. The van der Waals surface area contributed by atoms with Crippen LogP contribution < -0.4 is 16.8 Å². The molecule has 0 saturated heterocycles. The van der Waals surface area contributed by atoms with Crippen LogP contribution in [0, 0.1) is 0 Å². The molecule has 1 aromatic rings. The summed E-state index contributed by atoms with van der Waals surface area (Å²) in [6.07, 6.45) is 0. The quantitative estimate of drug-likeness (QED) is 0.663. The molecule has 0 aliphatic heterocycles. The number of anilines is 1. The van der Waals surface area contributed by atoms with Gasteiger partial charge in [0.1, 0.15) is 0 Å². The molecule has 2 amide bonds. The maximum Gasteiger partial charge on any atom is 0.316 e. The average Bonchev–Trinajstić information content (AvgIpc) is 2.01. The lowest BCUT2D eigenvalue weighted by atomic mass is 9.95. The van der Waals surface area contributed by atoms with Gasteiger partial charge in [0.25, 0.3) is 0 Å². The normalized spacial score (nSPS) is 11.1. The smallest absolute Gasteiger partial charge is 0.316 e. The van der Waals surface area contributed by atoms with Crippen LogP contribution >= 0.6 is 0 Å². The number of carbonyl (C=O) groups excluding carboxylic acids is 1. The Balaban J connectivity index is 2.95. The summed E-state index contributed by atoms with van der Waals surface area (Å²) in [4.78, 5) is 10.6. The molecule has 4 nitrogen and oxygen atoms in total. The SMILES string of the molecule is CC(C)(N)c1cccc(NC(N)=O)c1. The molecule has 0 fully saturated rings. The van der Waals surface area contributed by atoms with E-state index in [1.54, 1.807) is 6.07 Å². The van der Waals surface area contributed by atoms with Crippen LogP contribution in [0.1, 0.15) is 19.4 Å². The van der Waals surface area contributed by atoms with Gasteiger partial charge in [0, 0.05) is 11.2 Å². The highest BCUT2D eigenvalue weighted by Crippen LogP contribution is 2.20. The second-order valence-electron chi connectivity index (χ2n) is 3.79. The Morgan fingerprint density at radius 3 is 2.57 bits per heavy atom. The summed E-state index contributed by atoms with van der Waals surface area (Å²) in [5.74, 6) is 0. The molecule has 14 heavy (non-hydrogen) atoms. The fourth-order valence-corrected chi connectivity index (χ4v) is 1.14. The highest BCUT2D eigenvalue weighted by molar-refractivity contribution is 5.87. The zero-order valence-electron chi connectivity index (χ0n) is 8.37. The van der Waals surface area contributed by atoms with Gasteiger partial charge in [-0.3, -0.25) is 0 Å². The van der Waals surface area contributed by atoms with Gasteiger partial charge in [-0.25, -0.2) is 4.79 Å². The van der Waals surface area contributed by atoms with E-state index in [0.29, 0.717) is 5.69 Å². The Bertz CT molecular complexity index is 341. The van der Waals surface area contributed by atoms with Crippen LogP contribution in [-0.4, -0.2) is 6.03 Å². The monoisotopic (exact) mass is 193 g/mol. The molecule has 4 heteroatoms. The highest BCUT2D eigenvalue weighted by Gasteiger charge is 2.13. The van der Waals surface area contributed by atoms with Crippen molar-refractivity contribution in [1.82, 2.24) is 0 Å². The number of nitrogens with one attached hydrogen (secondary N) is 1. The molecule has 0 heterocycles. The third-order valence-corrected chi connectivity index (χ3v) is 1.87. The standard InChI is InChI=1S/C10H15N3O/c1-10(2,12)7-4-3-5-8(6-7)13-9(11)14/h3-6H,12H2,1-2H3,(H3,11,13,14). The van der Waals surface area contributed by atoms with E-state index in [0.717, 1.165) is 5.56 Å². The second-order valence-corrected chi connectivity index (χ2v) is 3.79. The zero-order chi connectivity index (χ0) is 10.8. The zero-order valence-corrected chi connectivity index (χ0v) is 8.37. The Hall–Kier alpha value is -1.55. The summed E-state index contributed by atoms with van der Waals surface area (Å²) >= 11 is 0. The minimum absolute atomic E-state index is 0.421. The lowest BCUT2D eigenvalue weighted by Crippen LogP contribution is -2.28. The molecule has 5 N–H and O–H groups in total. The molecule has 1 rings (SSSR count).